The smallest absolute Gasteiger partial charge is 0.257 e. The number of anilines is 1. The second-order valence-corrected chi connectivity index (χ2v) is 10.4. The Morgan fingerprint density at radius 3 is 2.72 bits per heavy atom. The Bertz CT molecular complexity index is 1020. The van der Waals surface area contributed by atoms with E-state index in [-0.39, 0.29) is 22.3 Å². The predicted molar refractivity (Wildman–Crippen MR) is 110 cm³/mol. The van der Waals surface area contributed by atoms with E-state index in [1.165, 1.54) is 34.9 Å². The second kappa shape index (κ2) is 8.00. The van der Waals surface area contributed by atoms with Gasteiger partial charge in [-0.2, -0.15) is 4.31 Å². The molecule has 1 saturated carbocycles. The van der Waals surface area contributed by atoms with Crippen molar-refractivity contribution in [2.45, 2.75) is 55.9 Å². The Morgan fingerprint density at radius 1 is 1.24 bits per heavy atom. The number of piperidine rings is 1. The van der Waals surface area contributed by atoms with Crippen molar-refractivity contribution in [1.29, 1.82) is 0 Å². The minimum atomic E-state index is -3.78. The molecule has 0 radical (unpaired) electrons. The topological polar surface area (TPSA) is 101 Å². The van der Waals surface area contributed by atoms with Gasteiger partial charge in [0.2, 0.25) is 15.2 Å². The number of sulfonamides is 1. The van der Waals surface area contributed by atoms with Crippen LogP contribution in [0.25, 0.3) is 0 Å². The highest BCUT2D eigenvalue weighted by Crippen LogP contribution is 2.42. The van der Waals surface area contributed by atoms with Crippen LogP contribution < -0.4 is 10.1 Å². The number of hydrogen-bond acceptors (Lipinski definition) is 7. The predicted octanol–water partition coefficient (Wildman–Crippen LogP) is 3.24. The normalized spacial score (nSPS) is 20.4. The van der Waals surface area contributed by atoms with Gasteiger partial charge in [-0.05, 0) is 50.8 Å². The first-order valence-corrected chi connectivity index (χ1v) is 12.0. The molecule has 156 valence electrons. The average molecular weight is 437 g/mol. The molecule has 8 nitrogen and oxygen atoms in total. The largest absolute Gasteiger partial charge is 0.495 e. The number of carbonyl (C=O) groups is 1. The molecule has 2 fully saturated rings. The SMILES string of the molecule is COc1ccc(C(=O)Nc2nnc(C3CC3)s2)cc1S(=O)(=O)N1CCCCC1C. The number of ether oxygens (including phenoxy) is 1. The van der Waals surface area contributed by atoms with Gasteiger partial charge < -0.3 is 4.74 Å². The molecule has 1 saturated heterocycles. The summed E-state index contributed by atoms with van der Waals surface area (Å²) in [5, 5.41) is 12.2. The fourth-order valence-electron chi connectivity index (χ4n) is 3.52. The minimum Gasteiger partial charge on any atom is -0.495 e. The van der Waals surface area contributed by atoms with E-state index in [2.05, 4.69) is 15.5 Å². The molecule has 2 aliphatic rings. The van der Waals surface area contributed by atoms with Gasteiger partial charge in [0.15, 0.2) is 0 Å². The Labute approximate surface area is 174 Å². The maximum atomic E-state index is 13.3. The molecule has 0 bridgehead atoms. The third-order valence-corrected chi connectivity index (χ3v) is 8.38. The summed E-state index contributed by atoms with van der Waals surface area (Å²) in [6.07, 6.45) is 4.88. The molecule has 2 aromatic rings. The molecule has 10 heteroatoms. The summed E-state index contributed by atoms with van der Waals surface area (Å²) in [6, 6.07) is 4.37. The lowest BCUT2D eigenvalue weighted by Crippen LogP contribution is -2.42. The zero-order chi connectivity index (χ0) is 20.6. The van der Waals surface area contributed by atoms with Gasteiger partial charge in [-0.15, -0.1) is 10.2 Å². The molecule has 1 N–H and O–H groups in total. The quantitative estimate of drug-likeness (QED) is 0.746. The van der Waals surface area contributed by atoms with Crippen LogP contribution in [0, 0.1) is 0 Å². The van der Waals surface area contributed by atoms with E-state index in [0.717, 1.165) is 37.1 Å². The maximum Gasteiger partial charge on any atom is 0.257 e. The van der Waals surface area contributed by atoms with Crippen molar-refractivity contribution < 1.29 is 17.9 Å². The zero-order valence-corrected chi connectivity index (χ0v) is 18.1. The first-order valence-electron chi connectivity index (χ1n) is 9.75. The number of amides is 1. The Morgan fingerprint density at radius 2 is 2.03 bits per heavy atom. The summed E-state index contributed by atoms with van der Waals surface area (Å²) in [5.74, 6) is 0.267. The molecule has 1 aliphatic carbocycles. The van der Waals surface area contributed by atoms with Gasteiger partial charge >= 0.3 is 0 Å². The highest BCUT2D eigenvalue weighted by Gasteiger charge is 2.34. The Balaban J connectivity index is 1.60. The van der Waals surface area contributed by atoms with E-state index in [9.17, 15) is 13.2 Å². The van der Waals surface area contributed by atoms with E-state index in [0.29, 0.717) is 17.6 Å². The number of nitrogens with zero attached hydrogens (tertiary/aromatic N) is 3. The zero-order valence-electron chi connectivity index (χ0n) is 16.4. The van der Waals surface area contributed by atoms with Gasteiger partial charge in [0, 0.05) is 24.1 Å². The lowest BCUT2D eigenvalue weighted by atomic mass is 10.1. The van der Waals surface area contributed by atoms with Crippen molar-refractivity contribution in [3.05, 3.63) is 28.8 Å². The molecule has 1 unspecified atom stereocenters. The first kappa shape index (κ1) is 20.2. The highest BCUT2D eigenvalue weighted by molar-refractivity contribution is 7.89. The molecule has 29 heavy (non-hydrogen) atoms. The summed E-state index contributed by atoms with van der Waals surface area (Å²) in [6.45, 7) is 2.38. The monoisotopic (exact) mass is 436 g/mol. The van der Waals surface area contributed by atoms with Gasteiger partial charge in [0.25, 0.3) is 5.91 Å². The summed E-state index contributed by atoms with van der Waals surface area (Å²) in [5.41, 5.74) is 0.234. The van der Waals surface area contributed by atoms with Gasteiger partial charge in [0.1, 0.15) is 15.7 Å². The number of rotatable bonds is 6. The minimum absolute atomic E-state index is 0.0114. The number of methoxy groups -OCH3 is 1. The lowest BCUT2D eigenvalue weighted by molar-refractivity contribution is 0.102. The number of carbonyl (C=O) groups excluding carboxylic acids is 1. The van der Waals surface area contributed by atoms with Crippen LogP contribution in [0.15, 0.2) is 23.1 Å². The van der Waals surface area contributed by atoms with Crippen molar-refractivity contribution in [3.63, 3.8) is 0 Å². The summed E-state index contributed by atoms with van der Waals surface area (Å²) in [4.78, 5) is 12.7. The van der Waals surface area contributed by atoms with Gasteiger partial charge in [0.05, 0.1) is 7.11 Å². The molecule has 1 aliphatic heterocycles. The third kappa shape index (κ3) is 4.15. The van der Waals surface area contributed by atoms with Crippen molar-refractivity contribution in [2.24, 2.45) is 0 Å². The number of aromatic nitrogens is 2. The molecular formula is C19H24N4O4S2. The van der Waals surface area contributed by atoms with Crippen LogP contribution in [0.1, 0.15) is 60.3 Å². The van der Waals surface area contributed by atoms with E-state index in [4.69, 9.17) is 4.74 Å². The molecule has 2 heterocycles. The fourth-order valence-corrected chi connectivity index (χ4v) is 6.31. The van der Waals surface area contributed by atoms with Crippen LogP contribution in [-0.4, -0.2) is 48.5 Å². The van der Waals surface area contributed by atoms with Crippen LogP contribution >= 0.6 is 11.3 Å². The van der Waals surface area contributed by atoms with E-state index >= 15 is 0 Å². The first-order chi connectivity index (χ1) is 13.9. The van der Waals surface area contributed by atoms with Crippen LogP contribution in [0.5, 0.6) is 5.75 Å². The standard InChI is InChI=1S/C19H24N4O4S2/c1-12-5-3-4-10-23(12)29(25,26)16-11-14(8-9-15(16)27-2)17(24)20-19-22-21-18(28-19)13-6-7-13/h8-9,11-13H,3-7,10H2,1-2H3,(H,20,22,24). The van der Waals surface area contributed by atoms with Crippen LogP contribution in [0.2, 0.25) is 0 Å². The van der Waals surface area contributed by atoms with Crippen molar-refractivity contribution >= 4 is 32.4 Å². The van der Waals surface area contributed by atoms with Crippen molar-refractivity contribution in [3.8, 4) is 5.75 Å². The van der Waals surface area contributed by atoms with Gasteiger partial charge in [-0.25, -0.2) is 8.42 Å². The van der Waals surface area contributed by atoms with Crippen molar-refractivity contribution in [1.82, 2.24) is 14.5 Å². The third-order valence-electron chi connectivity index (χ3n) is 5.34. The molecule has 1 aromatic heterocycles. The number of nitrogens with one attached hydrogen (secondary N) is 1. The highest BCUT2D eigenvalue weighted by atomic mass is 32.2. The molecular weight excluding hydrogens is 412 g/mol. The van der Waals surface area contributed by atoms with E-state index < -0.39 is 15.9 Å². The van der Waals surface area contributed by atoms with Gasteiger partial charge in [-0.3, -0.25) is 10.1 Å². The fraction of sp³-hybridized carbons (Fsp3) is 0.526. The van der Waals surface area contributed by atoms with Gasteiger partial charge in [-0.1, -0.05) is 17.8 Å². The number of benzene rings is 1. The average Bonchev–Trinajstić information content (AvgIpc) is 3.47. The van der Waals surface area contributed by atoms with E-state index in [1.807, 2.05) is 6.92 Å². The molecule has 4 rings (SSSR count). The molecule has 1 atom stereocenters. The summed E-state index contributed by atoms with van der Waals surface area (Å²) < 4.78 is 33.4. The second-order valence-electron chi connectivity index (χ2n) is 7.50. The van der Waals surface area contributed by atoms with E-state index in [1.54, 1.807) is 6.07 Å². The maximum absolute atomic E-state index is 13.3. The molecule has 0 spiro atoms. The lowest BCUT2D eigenvalue weighted by Gasteiger charge is -2.32. The molecule has 1 amide bonds. The Kier molecular flexibility index (Phi) is 5.58. The number of hydrogen-bond donors (Lipinski definition) is 1. The van der Waals surface area contributed by atoms with Crippen LogP contribution in [-0.2, 0) is 10.0 Å². The van der Waals surface area contributed by atoms with Crippen LogP contribution in [0.4, 0.5) is 5.13 Å². The van der Waals surface area contributed by atoms with Crippen LogP contribution in [0.3, 0.4) is 0 Å². The summed E-state index contributed by atoms with van der Waals surface area (Å²) in [7, 11) is -2.35. The Hall–Kier alpha value is -2.04. The van der Waals surface area contributed by atoms with Crippen molar-refractivity contribution in [2.75, 3.05) is 19.0 Å². The summed E-state index contributed by atoms with van der Waals surface area (Å²) >= 11 is 1.36. The molecule has 1 aromatic carbocycles.